The van der Waals surface area contributed by atoms with Crippen LogP contribution >= 0.6 is 0 Å². The van der Waals surface area contributed by atoms with E-state index in [1.165, 1.54) is 30.3 Å². The van der Waals surface area contributed by atoms with Crippen molar-refractivity contribution >= 4 is 9.84 Å². The van der Waals surface area contributed by atoms with Crippen molar-refractivity contribution in [2.75, 3.05) is 6.26 Å². The van der Waals surface area contributed by atoms with E-state index in [1.807, 2.05) is 0 Å². The Hall–Kier alpha value is -1.75. The van der Waals surface area contributed by atoms with Crippen molar-refractivity contribution in [3.63, 3.8) is 0 Å². The molecule has 2 rings (SSSR count). The molecule has 0 spiro atoms. The molecule has 0 bridgehead atoms. The Kier molecular flexibility index (Phi) is 3.17. The van der Waals surface area contributed by atoms with Crippen molar-refractivity contribution < 1.29 is 17.2 Å². The maximum atomic E-state index is 13.5. The summed E-state index contributed by atoms with van der Waals surface area (Å²) in [6, 6.07) is 9.02. The summed E-state index contributed by atoms with van der Waals surface area (Å²) >= 11 is 0. The molecule has 18 heavy (non-hydrogen) atoms. The van der Waals surface area contributed by atoms with Crippen LogP contribution in [0.4, 0.5) is 8.78 Å². The van der Waals surface area contributed by atoms with E-state index in [1.54, 1.807) is 0 Å². The molecule has 0 saturated heterocycles. The summed E-state index contributed by atoms with van der Waals surface area (Å²) < 4.78 is 49.6. The van der Waals surface area contributed by atoms with E-state index in [4.69, 9.17) is 0 Å². The van der Waals surface area contributed by atoms with Crippen LogP contribution in [0.1, 0.15) is 0 Å². The van der Waals surface area contributed by atoms with Gasteiger partial charge in [0.25, 0.3) is 0 Å². The molecule has 2 aromatic carbocycles. The molecule has 0 atom stereocenters. The van der Waals surface area contributed by atoms with Gasteiger partial charge in [0.2, 0.25) is 0 Å². The molecule has 0 aliphatic heterocycles. The van der Waals surface area contributed by atoms with Crippen molar-refractivity contribution in [3.05, 3.63) is 54.1 Å². The Morgan fingerprint density at radius 3 is 1.83 bits per heavy atom. The van der Waals surface area contributed by atoms with Crippen LogP contribution < -0.4 is 0 Å². The zero-order chi connectivity index (χ0) is 13.3. The van der Waals surface area contributed by atoms with Crippen LogP contribution in [-0.4, -0.2) is 14.7 Å². The van der Waals surface area contributed by atoms with E-state index in [0.717, 1.165) is 18.4 Å². The molecule has 0 amide bonds. The fraction of sp³-hybridized carbons (Fsp3) is 0.0769. The molecule has 0 fully saturated rings. The van der Waals surface area contributed by atoms with E-state index < -0.39 is 21.5 Å². The highest BCUT2D eigenvalue weighted by Gasteiger charge is 2.12. The maximum Gasteiger partial charge on any atom is 0.175 e. The smallest absolute Gasteiger partial charge is 0.175 e. The lowest BCUT2D eigenvalue weighted by molar-refractivity contribution is 0.589. The lowest BCUT2D eigenvalue weighted by Crippen LogP contribution is -1.97. The molecular weight excluding hydrogens is 258 g/mol. The zero-order valence-electron chi connectivity index (χ0n) is 9.52. The Bertz CT molecular complexity index is 656. The van der Waals surface area contributed by atoms with Gasteiger partial charge in [-0.05, 0) is 29.8 Å². The van der Waals surface area contributed by atoms with E-state index in [9.17, 15) is 17.2 Å². The van der Waals surface area contributed by atoms with Crippen LogP contribution in [0.25, 0.3) is 11.1 Å². The Balaban J connectivity index is 2.54. The molecular formula is C13H10F2O2S. The van der Waals surface area contributed by atoms with Gasteiger partial charge in [-0.1, -0.05) is 18.2 Å². The quantitative estimate of drug-likeness (QED) is 0.839. The summed E-state index contributed by atoms with van der Waals surface area (Å²) in [6.45, 7) is 0. The highest BCUT2D eigenvalue weighted by atomic mass is 32.2. The van der Waals surface area contributed by atoms with Gasteiger partial charge in [0.15, 0.2) is 9.84 Å². The predicted molar refractivity (Wildman–Crippen MR) is 64.9 cm³/mol. The number of sulfone groups is 1. The second-order valence-electron chi connectivity index (χ2n) is 3.89. The number of halogens is 2. The van der Waals surface area contributed by atoms with Crippen LogP contribution in [0.2, 0.25) is 0 Å². The van der Waals surface area contributed by atoms with Crippen LogP contribution in [-0.2, 0) is 9.84 Å². The third-order valence-corrected chi connectivity index (χ3v) is 3.66. The topological polar surface area (TPSA) is 34.1 Å². The van der Waals surface area contributed by atoms with Crippen molar-refractivity contribution in [2.45, 2.75) is 4.90 Å². The van der Waals surface area contributed by atoms with Crippen molar-refractivity contribution in [3.8, 4) is 11.1 Å². The lowest BCUT2D eigenvalue weighted by Gasteiger charge is -2.06. The molecule has 0 aliphatic carbocycles. The molecule has 0 heterocycles. The highest BCUT2D eigenvalue weighted by Crippen LogP contribution is 2.26. The molecule has 2 nitrogen and oxygen atoms in total. The first-order valence-electron chi connectivity index (χ1n) is 5.14. The number of hydrogen-bond donors (Lipinski definition) is 0. The summed E-state index contributed by atoms with van der Waals surface area (Å²) in [4.78, 5) is 0.114. The molecule has 0 unspecified atom stereocenters. The van der Waals surface area contributed by atoms with Gasteiger partial charge in [-0.3, -0.25) is 0 Å². The van der Waals surface area contributed by atoms with Gasteiger partial charge in [-0.2, -0.15) is 0 Å². The average Bonchev–Trinajstić information content (AvgIpc) is 2.28. The standard InChI is InChI=1S/C13H10F2O2S/c1-18(16,17)10-7-5-9(6-8-10)13-11(14)3-2-4-12(13)15/h2-8H,1H3. The van der Waals surface area contributed by atoms with Crippen molar-refractivity contribution in [1.29, 1.82) is 0 Å². The van der Waals surface area contributed by atoms with E-state index in [2.05, 4.69) is 0 Å². The van der Waals surface area contributed by atoms with Gasteiger partial charge in [-0.15, -0.1) is 0 Å². The highest BCUT2D eigenvalue weighted by molar-refractivity contribution is 7.90. The average molecular weight is 268 g/mol. The Morgan fingerprint density at radius 1 is 0.889 bits per heavy atom. The summed E-state index contributed by atoms with van der Waals surface area (Å²) in [6.07, 6.45) is 1.08. The van der Waals surface area contributed by atoms with Gasteiger partial charge in [0, 0.05) is 6.26 Å². The molecule has 0 aliphatic rings. The molecule has 0 saturated carbocycles. The second-order valence-corrected chi connectivity index (χ2v) is 5.91. The molecule has 2 aromatic rings. The van der Waals surface area contributed by atoms with Gasteiger partial charge < -0.3 is 0 Å². The maximum absolute atomic E-state index is 13.5. The van der Waals surface area contributed by atoms with Gasteiger partial charge >= 0.3 is 0 Å². The van der Waals surface area contributed by atoms with Gasteiger partial charge in [0.05, 0.1) is 10.5 Å². The largest absolute Gasteiger partial charge is 0.224 e. The van der Waals surface area contributed by atoms with Crippen LogP contribution in [0.3, 0.4) is 0 Å². The first kappa shape index (κ1) is 12.7. The Morgan fingerprint density at radius 2 is 1.39 bits per heavy atom. The fourth-order valence-electron chi connectivity index (χ4n) is 1.64. The van der Waals surface area contributed by atoms with E-state index >= 15 is 0 Å². The minimum atomic E-state index is -3.31. The van der Waals surface area contributed by atoms with Gasteiger partial charge in [0.1, 0.15) is 11.6 Å². The first-order chi connectivity index (χ1) is 8.39. The zero-order valence-corrected chi connectivity index (χ0v) is 10.3. The molecule has 0 radical (unpaired) electrons. The van der Waals surface area contributed by atoms with Gasteiger partial charge in [-0.25, -0.2) is 17.2 Å². The minimum Gasteiger partial charge on any atom is -0.224 e. The van der Waals surface area contributed by atoms with E-state index in [0.29, 0.717) is 5.56 Å². The van der Waals surface area contributed by atoms with Crippen LogP contribution in [0.15, 0.2) is 47.4 Å². The number of hydrogen-bond acceptors (Lipinski definition) is 2. The predicted octanol–water partition coefficient (Wildman–Crippen LogP) is 3.04. The molecule has 94 valence electrons. The second kappa shape index (κ2) is 4.49. The third kappa shape index (κ3) is 2.41. The number of benzene rings is 2. The number of rotatable bonds is 2. The molecule has 0 N–H and O–H groups in total. The Labute approximate surface area is 104 Å². The SMILES string of the molecule is CS(=O)(=O)c1ccc(-c2c(F)cccc2F)cc1. The minimum absolute atomic E-state index is 0.114. The summed E-state index contributed by atoms with van der Waals surface area (Å²) in [5.74, 6) is -1.36. The third-order valence-electron chi connectivity index (χ3n) is 2.53. The summed E-state index contributed by atoms with van der Waals surface area (Å²) in [5, 5.41) is 0. The van der Waals surface area contributed by atoms with Crippen LogP contribution in [0, 0.1) is 11.6 Å². The van der Waals surface area contributed by atoms with Crippen molar-refractivity contribution in [2.24, 2.45) is 0 Å². The lowest BCUT2D eigenvalue weighted by atomic mass is 10.0. The monoisotopic (exact) mass is 268 g/mol. The summed E-state index contributed by atoms with van der Waals surface area (Å²) in [5.41, 5.74) is 0.149. The summed E-state index contributed by atoms with van der Waals surface area (Å²) in [7, 11) is -3.31. The molecule has 0 aromatic heterocycles. The normalized spacial score (nSPS) is 11.5. The first-order valence-corrected chi connectivity index (χ1v) is 7.03. The molecule has 5 heteroatoms. The van der Waals surface area contributed by atoms with E-state index in [-0.39, 0.29) is 10.5 Å². The van der Waals surface area contributed by atoms with Crippen molar-refractivity contribution in [1.82, 2.24) is 0 Å². The van der Waals surface area contributed by atoms with Crippen LogP contribution in [0.5, 0.6) is 0 Å². The fourth-order valence-corrected chi connectivity index (χ4v) is 2.27.